The molecule has 1 aromatic heterocycles. The fourth-order valence-corrected chi connectivity index (χ4v) is 5.83. The fourth-order valence-electron chi connectivity index (χ4n) is 4.03. The lowest BCUT2D eigenvalue weighted by molar-refractivity contribution is -0.141. The SMILES string of the molecule is CCS(=O)(=O)c1ccc([C@H](CO)NC(=O)c2cnc(N3CCN(CCC(F)(F)F)CC3COC(F)F)s2)cc1. The summed E-state index contributed by atoms with van der Waals surface area (Å²) in [6, 6.07) is 4.21. The molecule has 3 rings (SSSR count). The van der Waals surface area contributed by atoms with E-state index < -0.39 is 60.3 Å². The number of carbonyl (C=O) groups excluding carboxylic acids is 1. The highest BCUT2D eigenvalue weighted by atomic mass is 32.2. The van der Waals surface area contributed by atoms with E-state index in [0.29, 0.717) is 10.7 Å². The molecule has 0 aliphatic carbocycles. The second-order valence-corrected chi connectivity index (χ2v) is 12.1. The first kappa shape index (κ1) is 31.1. The standard InChI is InChI=1S/C23H29F5N4O5S2/c1-2-39(35,36)17-5-3-15(4-6-17)18(13-33)30-20(34)19-11-29-22(38-19)32-10-9-31(8-7-23(26,27)28)12-16(32)14-37-21(24)25/h3-6,11,16,18,21,33H,2,7-10,12-14H2,1H3,(H,30,34)/t16?,18-/m0/s1. The third-order valence-corrected chi connectivity index (χ3v) is 8.95. The van der Waals surface area contributed by atoms with Crippen molar-refractivity contribution in [2.24, 2.45) is 0 Å². The zero-order chi connectivity index (χ0) is 28.8. The Kier molecular flexibility index (Phi) is 10.6. The van der Waals surface area contributed by atoms with Crippen molar-refractivity contribution in [2.75, 3.05) is 50.0 Å². The van der Waals surface area contributed by atoms with E-state index in [9.17, 15) is 40.3 Å². The Labute approximate surface area is 226 Å². The second kappa shape index (κ2) is 13.3. The number of thiazole rings is 1. The smallest absolute Gasteiger partial charge is 0.390 e. The Bertz CT molecular complexity index is 1190. The van der Waals surface area contributed by atoms with Crippen molar-refractivity contribution in [1.82, 2.24) is 15.2 Å². The Hall–Kier alpha value is -2.40. The Morgan fingerprint density at radius 3 is 2.54 bits per heavy atom. The van der Waals surface area contributed by atoms with Crippen LogP contribution in [-0.4, -0.2) is 93.3 Å². The molecule has 218 valence electrons. The third kappa shape index (κ3) is 8.79. The molecule has 2 N–H and O–H groups in total. The van der Waals surface area contributed by atoms with E-state index in [-0.39, 0.29) is 41.7 Å². The first-order chi connectivity index (χ1) is 18.3. The molecule has 1 fully saturated rings. The predicted molar refractivity (Wildman–Crippen MR) is 134 cm³/mol. The molecular formula is C23H29F5N4O5S2. The van der Waals surface area contributed by atoms with Crippen LogP contribution in [0.3, 0.4) is 0 Å². The molecule has 1 saturated heterocycles. The number of benzene rings is 1. The van der Waals surface area contributed by atoms with Crippen molar-refractivity contribution in [2.45, 2.75) is 43.1 Å². The van der Waals surface area contributed by atoms with Crippen LogP contribution in [0.15, 0.2) is 35.4 Å². The van der Waals surface area contributed by atoms with Crippen molar-refractivity contribution >= 4 is 32.2 Å². The van der Waals surface area contributed by atoms with Gasteiger partial charge in [0.15, 0.2) is 15.0 Å². The summed E-state index contributed by atoms with van der Waals surface area (Å²) in [5.41, 5.74) is 0.477. The normalized spacial score (nSPS) is 17.9. The highest BCUT2D eigenvalue weighted by Crippen LogP contribution is 2.28. The molecule has 0 radical (unpaired) electrons. The summed E-state index contributed by atoms with van der Waals surface area (Å²) in [6.07, 6.45) is -4.09. The van der Waals surface area contributed by atoms with Gasteiger partial charge in [-0.1, -0.05) is 30.4 Å². The summed E-state index contributed by atoms with van der Waals surface area (Å²) in [6.45, 7) is -2.26. The van der Waals surface area contributed by atoms with Crippen LogP contribution in [0.2, 0.25) is 0 Å². The molecule has 1 aliphatic rings. The van der Waals surface area contributed by atoms with Crippen molar-refractivity contribution < 1.29 is 45.0 Å². The lowest BCUT2D eigenvalue weighted by Gasteiger charge is -2.41. The number of carbonyl (C=O) groups is 1. The van der Waals surface area contributed by atoms with Crippen molar-refractivity contribution in [3.63, 3.8) is 0 Å². The molecule has 1 amide bonds. The number of hydrogen-bond acceptors (Lipinski definition) is 9. The van der Waals surface area contributed by atoms with Gasteiger partial charge in [0.25, 0.3) is 5.91 Å². The second-order valence-electron chi connectivity index (χ2n) is 8.80. The maximum absolute atomic E-state index is 12.9. The van der Waals surface area contributed by atoms with Gasteiger partial charge in [-0.3, -0.25) is 9.69 Å². The minimum Gasteiger partial charge on any atom is -0.394 e. The molecule has 0 bridgehead atoms. The first-order valence-corrected chi connectivity index (χ1v) is 14.5. The van der Waals surface area contributed by atoms with Crippen LogP contribution in [0.5, 0.6) is 0 Å². The number of nitrogens with one attached hydrogen (secondary N) is 1. The van der Waals surface area contributed by atoms with Crippen LogP contribution in [0.25, 0.3) is 0 Å². The molecule has 2 atom stereocenters. The minimum absolute atomic E-state index is 0.0419. The molecule has 0 saturated carbocycles. The topological polar surface area (TPSA) is 112 Å². The van der Waals surface area contributed by atoms with E-state index in [1.165, 1.54) is 42.3 Å². The molecule has 1 aliphatic heterocycles. The quantitative estimate of drug-likeness (QED) is 0.358. The van der Waals surface area contributed by atoms with Gasteiger partial charge in [-0.2, -0.15) is 22.0 Å². The summed E-state index contributed by atoms with van der Waals surface area (Å²) in [5.74, 6) is -0.648. The van der Waals surface area contributed by atoms with Gasteiger partial charge in [0.1, 0.15) is 4.88 Å². The Morgan fingerprint density at radius 1 is 1.26 bits per heavy atom. The van der Waals surface area contributed by atoms with Gasteiger partial charge in [0, 0.05) is 26.2 Å². The number of nitrogens with zero attached hydrogens (tertiary/aromatic N) is 3. The molecular weight excluding hydrogens is 571 g/mol. The molecule has 39 heavy (non-hydrogen) atoms. The number of ether oxygens (including phenoxy) is 1. The monoisotopic (exact) mass is 600 g/mol. The number of rotatable bonds is 12. The minimum atomic E-state index is -4.34. The van der Waals surface area contributed by atoms with E-state index in [1.54, 1.807) is 4.90 Å². The fraction of sp³-hybridized carbons (Fsp3) is 0.565. The van der Waals surface area contributed by atoms with Crippen LogP contribution in [-0.2, 0) is 14.6 Å². The molecule has 2 aromatic rings. The zero-order valence-corrected chi connectivity index (χ0v) is 22.5. The first-order valence-electron chi connectivity index (χ1n) is 12.0. The van der Waals surface area contributed by atoms with Crippen LogP contribution >= 0.6 is 11.3 Å². The van der Waals surface area contributed by atoms with Crippen molar-refractivity contribution in [3.8, 4) is 0 Å². The molecule has 9 nitrogen and oxygen atoms in total. The van der Waals surface area contributed by atoms with E-state index >= 15 is 0 Å². The number of sulfone groups is 1. The van der Waals surface area contributed by atoms with E-state index in [1.807, 2.05) is 0 Å². The number of piperazine rings is 1. The number of aliphatic hydroxyl groups excluding tert-OH is 1. The molecule has 1 unspecified atom stereocenters. The van der Waals surface area contributed by atoms with Gasteiger partial charge in [-0.25, -0.2) is 13.4 Å². The Morgan fingerprint density at radius 2 is 1.95 bits per heavy atom. The average molecular weight is 601 g/mol. The number of hydrogen-bond donors (Lipinski definition) is 2. The van der Waals surface area contributed by atoms with Gasteiger partial charge in [-0.05, 0) is 17.7 Å². The molecule has 16 heteroatoms. The number of alkyl halides is 5. The average Bonchev–Trinajstić information content (AvgIpc) is 3.39. The summed E-state index contributed by atoms with van der Waals surface area (Å²) < 4.78 is 91.8. The van der Waals surface area contributed by atoms with Crippen LogP contribution in [0.1, 0.15) is 34.6 Å². The molecule has 0 spiro atoms. The summed E-state index contributed by atoms with van der Waals surface area (Å²) in [7, 11) is -3.41. The maximum Gasteiger partial charge on any atom is 0.390 e. The summed E-state index contributed by atoms with van der Waals surface area (Å²) in [4.78, 5) is 20.5. The van der Waals surface area contributed by atoms with Crippen molar-refractivity contribution in [1.29, 1.82) is 0 Å². The van der Waals surface area contributed by atoms with Gasteiger partial charge in [0.2, 0.25) is 0 Å². The summed E-state index contributed by atoms with van der Waals surface area (Å²) >= 11 is 0.961. The predicted octanol–water partition coefficient (Wildman–Crippen LogP) is 3.08. The lowest BCUT2D eigenvalue weighted by Crippen LogP contribution is -2.55. The number of aromatic nitrogens is 1. The highest BCUT2D eigenvalue weighted by Gasteiger charge is 2.33. The van der Waals surface area contributed by atoms with Gasteiger partial charge >= 0.3 is 12.8 Å². The van der Waals surface area contributed by atoms with Gasteiger partial charge < -0.3 is 20.1 Å². The zero-order valence-electron chi connectivity index (χ0n) is 20.9. The van der Waals surface area contributed by atoms with E-state index in [4.69, 9.17) is 0 Å². The van der Waals surface area contributed by atoms with Crippen LogP contribution in [0, 0.1) is 0 Å². The van der Waals surface area contributed by atoms with Gasteiger partial charge in [-0.15, -0.1) is 0 Å². The third-order valence-electron chi connectivity index (χ3n) is 6.17. The van der Waals surface area contributed by atoms with E-state index in [2.05, 4.69) is 15.0 Å². The number of amides is 1. The number of aliphatic hydroxyl groups is 1. The number of halogens is 5. The molecule has 2 heterocycles. The van der Waals surface area contributed by atoms with Gasteiger partial charge in [0.05, 0.1) is 48.6 Å². The van der Waals surface area contributed by atoms with Crippen molar-refractivity contribution in [3.05, 3.63) is 40.9 Å². The number of anilines is 1. The summed E-state index contributed by atoms with van der Waals surface area (Å²) in [5, 5.41) is 12.8. The largest absolute Gasteiger partial charge is 0.394 e. The molecule has 1 aromatic carbocycles. The van der Waals surface area contributed by atoms with Crippen LogP contribution < -0.4 is 10.2 Å². The lowest BCUT2D eigenvalue weighted by atomic mass is 10.1. The maximum atomic E-state index is 12.9. The highest BCUT2D eigenvalue weighted by molar-refractivity contribution is 7.91. The Balaban J connectivity index is 1.69. The van der Waals surface area contributed by atoms with Crippen LogP contribution in [0.4, 0.5) is 27.1 Å². The van der Waals surface area contributed by atoms with E-state index in [0.717, 1.165) is 11.3 Å².